The van der Waals surface area contributed by atoms with Gasteiger partial charge in [0.1, 0.15) is 0 Å². The number of carbonyl (C=O) groups excluding carboxylic acids is 1. The number of fused-ring (bicyclic) bond motifs is 3. The van der Waals surface area contributed by atoms with Gasteiger partial charge in [-0.25, -0.2) is 0 Å². The number of halogens is 2. The minimum absolute atomic E-state index is 0.109. The molecule has 2 aromatic heterocycles. The van der Waals surface area contributed by atoms with Gasteiger partial charge in [0.25, 0.3) is 0 Å². The molecule has 2 heterocycles. The molecule has 5 nitrogen and oxygen atoms in total. The van der Waals surface area contributed by atoms with Crippen molar-refractivity contribution in [1.82, 2.24) is 14.6 Å². The summed E-state index contributed by atoms with van der Waals surface area (Å²) in [4.78, 5) is 12.3. The third kappa shape index (κ3) is 4.26. The molecule has 0 unspecified atom stereocenters. The molecule has 1 N–H and O–H groups in total. The van der Waals surface area contributed by atoms with E-state index in [0.717, 1.165) is 16.3 Å². The number of nitrogens with one attached hydrogen (secondary N) is 1. The van der Waals surface area contributed by atoms with Crippen LogP contribution in [0.5, 0.6) is 0 Å². The minimum atomic E-state index is -0.109. The summed E-state index contributed by atoms with van der Waals surface area (Å²) in [5.74, 6) is 0.462. The highest BCUT2D eigenvalue weighted by atomic mass is 35.5. The maximum atomic E-state index is 12.3. The second-order valence-corrected chi connectivity index (χ2v) is 9.22. The second-order valence-electron chi connectivity index (χ2n) is 7.29. The Hall–Kier alpha value is -2.28. The number of aryl methyl sites for hydroxylation is 3. The van der Waals surface area contributed by atoms with E-state index in [-0.39, 0.29) is 5.91 Å². The van der Waals surface area contributed by atoms with Crippen LogP contribution in [0.15, 0.2) is 41.6 Å². The summed E-state index contributed by atoms with van der Waals surface area (Å²) >= 11 is 13.5. The molecule has 0 aliphatic heterocycles. The Bertz CT molecular complexity index is 1270. The van der Waals surface area contributed by atoms with Gasteiger partial charge in [-0.05, 0) is 62.2 Å². The lowest BCUT2D eigenvalue weighted by Gasteiger charge is -2.11. The zero-order valence-electron chi connectivity index (χ0n) is 16.8. The molecule has 0 saturated heterocycles. The van der Waals surface area contributed by atoms with Gasteiger partial charge in [-0.3, -0.25) is 9.20 Å². The standard InChI is InChI=1S/C22H20Cl2N4OS/c1-12-6-14(3)21-18(7-12)13(2)8-19-26-27-22(28(19)21)30-5-4-20(29)25-17-10-15(23)9-16(24)11-17/h6-11H,4-5H2,1-3H3,(H,25,29). The molecule has 0 radical (unpaired) electrons. The number of hydrogen-bond donors (Lipinski definition) is 1. The lowest BCUT2D eigenvalue weighted by molar-refractivity contribution is -0.115. The Kier molecular flexibility index (Phi) is 5.91. The molecule has 0 fully saturated rings. The van der Waals surface area contributed by atoms with Crippen molar-refractivity contribution in [1.29, 1.82) is 0 Å². The summed E-state index contributed by atoms with van der Waals surface area (Å²) in [5.41, 5.74) is 6.09. The van der Waals surface area contributed by atoms with E-state index in [1.807, 2.05) is 6.07 Å². The Balaban J connectivity index is 1.53. The van der Waals surface area contributed by atoms with Crippen LogP contribution >= 0.6 is 35.0 Å². The molecule has 0 aliphatic carbocycles. The zero-order chi connectivity index (χ0) is 21.4. The van der Waals surface area contributed by atoms with Crippen molar-refractivity contribution in [3.05, 3.63) is 63.1 Å². The summed E-state index contributed by atoms with van der Waals surface area (Å²) in [7, 11) is 0. The molecule has 2 aromatic carbocycles. The quantitative estimate of drug-likeness (QED) is 0.359. The van der Waals surface area contributed by atoms with E-state index in [2.05, 4.69) is 52.8 Å². The highest BCUT2D eigenvalue weighted by molar-refractivity contribution is 7.99. The average molecular weight is 459 g/mol. The smallest absolute Gasteiger partial charge is 0.225 e. The van der Waals surface area contributed by atoms with Crippen molar-refractivity contribution >= 4 is 63.1 Å². The van der Waals surface area contributed by atoms with Gasteiger partial charge >= 0.3 is 0 Å². The fourth-order valence-corrected chi connectivity index (χ4v) is 5.00. The maximum Gasteiger partial charge on any atom is 0.225 e. The van der Waals surface area contributed by atoms with Crippen LogP contribution in [0.25, 0.3) is 16.6 Å². The van der Waals surface area contributed by atoms with Crippen molar-refractivity contribution < 1.29 is 4.79 Å². The van der Waals surface area contributed by atoms with Crippen LogP contribution in [-0.2, 0) is 4.79 Å². The van der Waals surface area contributed by atoms with Gasteiger partial charge < -0.3 is 5.32 Å². The van der Waals surface area contributed by atoms with Crippen molar-refractivity contribution in [3.63, 3.8) is 0 Å². The molecule has 0 bridgehead atoms. The number of aromatic nitrogens is 3. The molecule has 154 valence electrons. The van der Waals surface area contributed by atoms with Crippen LogP contribution in [0.3, 0.4) is 0 Å². The molecule has 30 heavy (non-hydrogen) atoms. The monoisotopic (exact) mass is 458 g/mol. The van der Waals surface area contributed by atoms with Gasteiger partial charge in [0.05, 0.1) is 5.52 Å². The lowest BCUT2D eigenvalue weighted by Crippen LogP contribution is -2.12. The Morgan fingerprint density at radius 2 is 1.73 bits per heavy atom. The third-order valence-corrected chi connectivity index (χ3v) is 6.17. The van der Waals surface area contributed by atoms with Crippen LogP contribution in [0.1, 0.15) is 23.1 Å². The largest absolute Gasteiger partial charge is 0.326 e. The van der Waals surface area contributed by atoms with Crippen molar-refractivity contribution in [2.75, 3.05) is 11.1 Å². The highest BCUT2D eigenvalue weighted by Crippen LogP contribution is 2.29. The van der Waals surface area contributed by atoms with Gasteiger partial charge in [0.2, 0.25) is 5.91 Å². The van der Waals surface area contributed by atoms with Gasteiger partial charge in [0.15, 0.2) is 10.8 Å². The van der Waals surface area contributed by atoms with E-state index in [0.29, 0.717) is 27.9 Å². The molecule has 4 aromatic rings. The summed E-state index contributed by atoms with van der Waals surface area (Å²) < 4.78 is 2.08. The molecule has 0 spiro atoms. The number of thioether (sulfide) groups is 1. The molecular weight excluding hydrogens is 439 g/mol. The Labute approximate surface area is 188 Å². The fraction of sp³-hybridized carbons (Fsp3) is 0.227. The normalized spacial score (nSPS) is 11.4. The molecule has 1 amide bonds. The molecule has 0 atom stereocenters. The minimum Gasteiger partial charge on any atom is -0.326 e. The molecule has 8 heteroatoms. The predicted octanol–water partition coefficient (Wildman–Crippen LogP) is 6.24. The highest BCUT2D eigenvalue weighted by Gasteiger charge is 2.14. The first-order valence-electron chi connectivity index (χ1n) is 9.46. The van der Waals surface area contributed by atoms with Crippen molar-refractivity contribution in [2.24, 2.45) is 0 Å². The topological polar surface area (TPSA) is 59.3 Å². The van der Waals surface area contributed by atoms with Crippen LogP contribution in [0.4, 0.5) is 5.69 Å². The van der Waals surface area contributed by atoms with Gasteiger partial charge in [-0.2, -0.15) is 0 Å². The molecule has 4 rings (SSSR count). The van der Waals surface area contributed by atoms with Crippen LogP contribution in [0.2, 0.25) is 10.0 Å². The number of anilines is 1. The van der Waals surface area contributed by atoms with Crippen molar-refractivity contribution in [3.8, 4) is 0 Å². The maximum absolute atomic E-state index is 12.3. The van der Waals surface area contributed by atoms with E-state index >= 15 is 0 Å². The average Bonchev–Trinajstić information content (AvgIpc) is 3.03. The van der Waals surface area contributed by atoms with E-state index in [1.165, 1.54) is 33.8 Å². The molecule has 0 saturated carbocycles. The first-order chi connectivity index (χ1) is 14.3. The summed E-state index contributed by atoms with van der Waals surface area (Å²) in [5, 5.41) is 14.5. The fourth-order valence-electron chi connectivity index (χ4n) is 3.59. The number of amides is 1. The number of pyridine rings is 1. The lowest BCUT2D eigenvalue weighted by atomic mass is 10.0. The summed E-state index contributed by atoms with van der Waals surface area (Å²) in [6.45, 7) is 6.30. The first kappa shape index (κ1) is 21.0. The first-order valence-corrected chi connectivity index (χ1v) is 11.2. The van der Waals surface area contributed by atoms with E-state index in [4.69, 9.17) is 23.2 Å². The SMILES string of the molecule is Cc1cc(C)c2c(c1)c(C)cc1nnc(SCCC(=O)Nc3cc(Cl)cc(Cl)c3)n12. The van der Waals surface area contributed by atoms with E-state index < -0.39 is 0 Å². The predicted molar refractivity (Wildman–Crippen MR) is 125 cm³/mol. The summed E-state index contributed by atoms with van der Waals surface area (Å²) in [6, 6.07) is 11.4. The van der Waals surface area contributed by atoms with Crippen molar-refractivity contribution in [2.45, 2.75) is 32.3 Å². The number of rotatable bonds is 5. The summed E-state index contributed by atoms with van der Waals surface area (Å²) in [6.07, 6.45) is 0.325. The number of nitrogens with zero attached hydrogens (tertiary/aromatic N) is 3. The Morgan fingerprint density at radius 1 is 1.00 bits per heavy atom. The molecular formula is C22H20Cl2N4OS. The van der Waals surface area contributed by atoms with Crippen LogP contribution in [0, 0.1) is 20.8 Å². The van der Waals surface area contributed by atoms with E-state index in [1.54, 1.807) is 18.2 Å². The number of benzene rings is 2. The number of hydrogen-bond acceptors (Lipinski definition) is 4. The number of carbonyl (C=O) groups is 1. The van der Waals surface area contributed by atoms with Crippen LogP contribution < -0.4 is 5.32 Å². The van der Waals surface area contributed by atoms with Gasteiger partial charge in [0, 0.05) is 33.3 Å². The second kappa shape index (κ2) is 8.46. The Morgan fingerprint density at radius 3 is 2.47 bits per heavy atom. The van der Waals surface area contributed by atoms with E-state index in [9.17, 15) is 4.79 Å². The van der Waals surface area contributed by atoms with Gasteiger partial charge in [-0.15, -0.1) is 10.2 Å². The van der Waals surface area contributed by atoms with Crippen LogP contribution in [-0.4, -0.2) is 26.3 Å². The zero-order valence-corrected chi connectivity index (χ0v) is 19.1. The molecule has 0 aliphatic rings. The third-order valence-electron chi connectivity index (χ3n) is 4.80. The van der Waals surface area contributed by atoms with Gasteiger partial charge in [-0.1, -0.05) is 46.6 Å².